The third kappa shape index (κ3) is 4.49. The number of hydrogen-bond acceptors (Lipinski definition) is 4. The molecule has 0 radical (unpaired) electrons. The van der Waals surface area contributed by atoms with Gasteiger partial charge in [-0.2, -0.15) is 0 Å². The summed E-state index contributed by atoms with van der Waals surface area (Å²) >= 11 is 0. The number of nitrogens with zero attached hydrogens (tertiary/aromatic N) is 3. The van der Waals surface area contributed by atoms with Gasteiger partial charge in [-0.3, -0.25) is 0 Å². The van der Waals surface area contributed by atoms with Crippen molar-refractivity contribution in [1.82, 2.24) is 15.0 Å². The Kier molecular flexibility index (Phi) is 4.31. The number of benzene rings is 8. The molecule has 0 saturated heterocycles. The van der Waals surface area contributed by atoms with E-state index in [1.54, 1.807) is 12.1 Å². The van der Waals surface area contributed by atoms with Crippen molar-refractivity contribution in [2.45, 2.75) is 0 Å². The standard InChI is InChI=1S/C45H27N3O/c1-3-12-28(13-4-1)43-46-44(29-14-5-2-6-15-29)48-45(47-43)31-23-25-40-39(27-31)42-32(20-11-21-41(42)49-40)30-22-24-37-35-18-8-7-16-33(35)34-17-9-10-19-36(34)38(37)26-30/h1-27H/i1D,2D,3D,4D,5D,6D,12D,13D,14D,15D. The molecule has 0 atom stereocenters. The molecular weight excluding hydrogens is 599 g/mol. The second-order valence-corrected chi connectivity index (χ2v) is 11.6. The summed E-state index contributed by atoms with van der Waals surface area (Å²) in [6, 6.07) is 28.4. The van der Waals surface area contributed by atoms with Crippen molar-refractivity contribution in [3.05, 3.63) is 164 Å². The van der Waals surface area contributed by atoms with Crippen molar-refractivity contribution < 1.29 is 18.1 Å². The fourth-order valence-electron chi connectivity index (χ4n) is 6.73. The average Bonchev–Trinajstić information content (AvgIpc) is 3.64. The number of furan rings is 1. The molecule has 0 saturated carbocycles. The van der Waals surface area contributed by atoms with Crippen molar-refractivity contribution in [3.8, 4) is 45.3 Å². The zero-order valence-electron chi connectivity index (χ0n) is 35.6. The van der Waals surface area contributed by atoms with Gasteiger partial charge in [-0.15, -0.1) is 0 Å². The molecule has 2 heterocycles. The normalized spacial score (nSPS) is 14.5. The summed E-state index contributed by atoms with van der Waals surface area (Å²) in [6.07, 6.45) is 0. The fraction of sp³-hybridized carbons (Fsp3) is 0. The predicted octanol–water partition coefficient (Wildman–Crippen LogP) is 11.9. The van der Waals surface area contributed by atoms with Gasteiger partial charge in [0.25, 0.3) is 0 Å². The van der Waals surface area contributed by atoms with Gasteiger partial charge in [0.1, 0.15) is 11.2 Å². The summed E-state index contributed by atoms with van der Waals surface area (Å²) in [7, 11) is 0. The van der Waals surface area contributed by atoms with Crippen molar-refractivity contribution in [2.24, 2.45) is 0 Å². The molecule has 0 N–H and O–H groups in total. The molecule has 0 aliphatic heterocycles. The van der Waals surface area contributed by atoms with E-state index in [2.05, 4.69) is 63.5 Å². The highest BCUT2D eigenvalue weighted by molar-refractivity contribution is 6.26. The van der Waals surface area contributed by atoms with Crippen LogP contribution in [0.25, 0.3) is 99.5 Å². The first kappa shape index (κ1) is 19.2. The summed E-state index contributed by atoms with van der Waals surface area (Å²) in [5.74, 6) is -0.688. The molecule has 10 rings (SSSR count). The Hall–Kier alpha value is -6.65. The lowest BCUT2D eigenvalue weighted by atomic mass is 9.91. The molecule has 228 valence electrons. The highest BCUT2D eigenvalue weighted by Gasteiger charge is 2.17. The lowest BCUT2D eigenvalue weighted by Gasteiger charge is -2.12. The van der Waals surface area contributed by atoms with Gasteiger partial charge < -0.3 is 4.42 Å². The Labute approximate surface area is 296 Å². The van der Waals surface area contributed by atoms with E-state index < -0.39 is 60.4 Å². The third-order valence-electron chi connectivity index (χ3n) is 8.89. The molecule has 10 aromatic rings. The van der Waals surface area contributed by atoms with Crippen molar-refractivity contribution in [1.29, 1.82) is 0 Å². The zero-order valence-corrected chi connectivity index (χ0v) is 25.6. The van der Waals surface area contributed by atoms with Gasteiger partial charge in [0.2, 0.25) is 0 Å². The highest BCUT2D eigenvalue weighted by Crippen LogP contribution is 2.41. The number of hydrogen-bond donors (Lipinski definition) is 0. The molecule has 0 unspecified atom stereocenters. The van der Waals surface area contributed by atoms with E-state index in [4.69, 9.17) is 18.1 Å². The molecule has 4 nitrogen and oxygen atoms in total. The molecule has 0 amide bonds. The van der Waals surface area contributed by atoms with Crippen LogP contribution in [0.15, 0.2) is 168 Å². The van der Waals surface area contributed by atoms with Crippen LogP contribution in [0.2, 0.25) is 0 Å². The van der Waals surface area contributed by atoms with Crippen LogP contribution >= 0.6 is 0 Å². The Morgan fingerprint density at radius 3 is 1.51 bits per heavy atom. The van der Waals surface area contributed by atoms with Crippen LogP contribution in [0.4, 0.5) is 0 Å². The van der Waals surface area contributed by atoms with E-state index in [0.717, 1.165) is 43.4 Å². The second kappa shape index (κ2) is 11.0. The third-order valence-corrected chi connectivity index (χ3v) is 8.89. The summed E-state index contributed by atoms with van der Waals surface area (Å²) in [5.41, 5.74) is 2.82. The Morgan fingerprint density at radius 1 is 0.388 bits per heavy atom. The van der Waals surface area contributed by atoms with Gasteiger partial charge in [-0.05, 0) is 73.8 Å². The molecule has 49 heavy (non-hydrogen) atoms. The molecule has 2 aromatic heterocycles. The topological polar surface area (TPSA) is 51.8 Å². The molecule has 0 aliphatic carbocycles. The van der Waals surface area contributed by atoms with Gasteiger partial charge in [0.05, 0.1) is 13.7 Å². The second-order valence-electron chi connectivity index (χ2n) is 11.6. The molecular formula is C45H27N3O. The minimum Gasteiger partial charge on any atom is -0.456 e. The lowest BCUT2D eigenvalue weighted by molar-refractivity contribution is 0.669. The number of fused-ring (bicyclic) bond motifs is 9. The number of aromatic nitrogens is 3. The van der Waals surface area contributed by atoms with E-state index >= 15 is 0 Å². The van der Waals surface area contributed by atoms with Crippen LogP contribution in [0.1, 0.15) is 13.7 Å². The van der Waals surface area contributed by atoms with Crippen molar-refractivity contribution in [2.75, 3.05) is 0 Å². The van der Waals surface area contributed by atoms with E-state index in [9.17, 15) is 0 Å². The van der Waals surface area contributed by atoms with Crippen molar-refractivity contribution in [3.63, 3.8) is 0 Å². The van der Waals surface area contributed by atoms with Crippen molar-refractivity contribution >= 4 is 54.3 Å². The molecule has 0 bridgehead atoms. The van der Waals surface area contributed by atoms with E-state index in [0.29, 0.717) is 22.1 Å². The first-order chi connectivity index (χ1) is 28.4. The minimum absolute atomic E-state index is 0.0265. The lowest BCUT2D eigenvalue weighted by Crippen LogP contribution is -2.00. The maximum absolute atomic E-state index is 8.68. The van der Waals surface area contributed by atoms with E-state index in [1.807, 2.05) is 42.5 Å². The monoisotopic (exact) mass is 635 g/mol. The van der Waals surface area contributed by atoms with Crippen LogP contribution < -0.4 is 0 Å². The molecule has 8 aromatic carbocycles. The zero-order chi connectivity index (χ0) is 41.0. The van der Waals surface area contributed by atoms with Gasteiger partial charge in [-0.25, -0.2) is 15.0 Å². The maximum Gasteiger partial charge on any atom is 0.164 e. The van der Waals surface area contributed by atoms with Gasteiger partial charge >= 0.3 is 0 Å². The molecule has 0 fully saturated rings. The maximum atomic E-state index is 8.68. The number of rotatable bonds is 4. The van der Waals surface area contributed by atoms with Crippen LogP contribution in [0.3, 0.4) is 0 Å². The van der Waals surface area contributed by atoms with Crippen LogP contribution in [0, 0.1) is 0 Å². The first-order valence-corrected chi connectivity index (χ1v) is 15.6. The van der Waals surface area contributed by atoms with Crippen LogP contribution in [-0.2, 0) is 0 Å². The summed E-state index contributed by atoms with van der Waals surface area (Å²) < 4.78 is 90.6. The largest absolute Gasteiger partial charge is 0.456 e. The van der Waals surface area contributed by atoms with Gasteiger partial charge in [-0.1, -0.05) is 133 Å². The van der Waals surface area contributed by atoms with E-state index in [1.165, 1.54) is 5.39 Å². The Morgan fingerprint density at radius 2 is 0.898 bits per heavy atom. The highest BCUT2D eigenvalue weighted by atomic mass is 16.3. The molecule has 4 heteroatoms. The Balaban J connectivity index is 1.22. The van der Waals surface area contributed by atoms with Gasteiger partial charge in [0, 0.05) is 27.5 Å². The SMILES string of the molecule is [2H]c1c([2H])c([2H])c(-c2nc(-c3ccc4oc5cccc(-c6ccc7c8ccccc8c8ccccc8c7c6)c5c4c3)nc(-c3c([2H])c([2H])c([2H])c([2H])c3[2H])n2)c([2H])c1[2H]. The fourth-order valence-corrected chi connectivity index (χ4v) is 6.73. The quantitative estimate of drug-likeness (QED) is 0.181. The smallest absolute Gasteiger partial charge is 0.164 e. The minimum atomic E-state index is -0.610. The Bertz CT molecular complexity index is 3300. The van der Waals surface area contributed by atoms with Crippen LogP contribution in [0.5, 0.6) is 0 Å². The molecule has 0 spiro atoms. The summed E-state index contributed by atoms with van der Waals surface area (Å²) in [5, 5.41) is 8.41. The molecule has 0 aliphatic rings. The van der Waals surface area contributed by atoms with E-state index in [-0.39, 0.29) is 28.6 Å². The first-order valence-electron chi connectivity index (χ1n) is 20.6. The predicted molar refractivity (Wildman–Crippen MR) is 201 cm³/mol. The average molecular weight is 636 g/mol. The van der Waals surface area contributed by atoms with Gasteiger partial charge in [0.15, 0.2) is 17.5 Å². The summed E-state index contributed by atoms with van der Waals surface area (Å²) in [6.45, 7) is 0. The summed E-state index contributed by atoms with van der Waals surface area (Å²) in [4.78, 5) is 13.7. The van der Waals surface area contributed by atoms with Crippen LogP contribution in [-0.4, -0.2) is 15.0 Å².